The minimum atomic E-state index is 0.227. The van der Waals surface area contributed by atoms with E-state index in [4.69, 9.17) is 9.47 Å². The zero-order valence-electron chi connectivity index (χ0n) is 12.5. The summed E-state index contributed by atoms with van der Waals surface area (Å²) in [7, 11) is 0. The molecule has 1 aromatic heterocycles. The van der Waals surface area contributed by atoms with Crippen LogP contribution in [-0.4, -0.2) is 13.3 Å². The maximum atomic E-state index is 5.51. The van der Waals surface area contributed by atoms with Crippen molar-refractivity contribution < 1.29 is 9.47 Å². The van der Waals surface area contributed by atoms with Crippen molar-refractivity contribution in [3.05, 3.63) is 45.6 Å². The molecule has 1 atom stereocenters. The molecule has 0 saturated heterocycles. The second-order valence-corrected chi connectivity index (χ2v) is 6.36. The smallest absolute Gasteiger partial charge is 0.231 e. The fraction of sp³-hybridized carbons (Fsp3) is 0.412. The van der Waals surface area contributed by atoms with Crippen LogP contribution in [0.5, 0.6) is 11.5 Å². The summed E-state index contributed by atoms with van der Waals surface area (Å²) in [5.74, 6) is 1.69. The molecule has 2 heterocycles. The fourth-order valence-electron chi connectivity index (χ4n) is 2.50. The highest BCUT2D eigenvalue weighted by atomic mass is 32.1. The van der Waals surface area contributed by atoms with Crippen LogP contribution < -0.4 is 14.8 Å². The van der Waals surface area contributed by atoms with Gasteiger partial charge >= 0.3 is 0 Å². The maximum Gasteiger partial charge on any atom is 0.231 e. The van der Waals surface area contributed by atoms with Gasteiger partial charge < -0.3 is 14.8 Å². The predicted octanol–water partition coefficient (Wildman–Crippen LogP) is 4.13. The molecule has 4 heteroatoms. The molecule has 1 aliphatic rings. The lowest BCUT2D eigenvalue weighted by atomic mass is 10.0. The van der Waals surface area contributed by atoms with E-state index >= 15 is 0 Å². The first-order chi connectivity index (χ1) is 10.3. The number of rotatable bonds is 6. The van der Waals surface area contributed by atoms with E-state index in [0.29, 0.717) is 6.79 Å². The molecule has 0 spiro atoms. The third-order valence-corrected chi connectivity index (χ3v) is 4.94. The number of thiophene rings is 1. The Morgan fingerprint density at radius 3 is 2.76 bits per heavy atom. The second-order valence-electron chi connectivity index (χ2n) is 5.16. The van der Waals surface area contributed by atoms with E-state index in [2.05, 4.69) is 43.4 Å². The molecule has 0 aliphatic carbocycles. The molecule has 2 aromatic rings. The van der Waals surface area contributed by atoms with Crippen molar-refractivity contribution in [1.82, 2.24) is 5.32 Å². The van der Waals surface area contributed by atoms with Gasteiger partial charge in [-0.15, -0.1) is 11.3 Å². The molecule has 0 saturated carbocycles. The largest absolute Gasteiger partial charge is 0.454 e. The molecular formula is C17H21NO2S. The van der Waals surface area contributed by atoms with Gasteiger partial charge in [-0.2, -0.15) is 0 Å². The Morgan fingerprint density at radius 2 is 2.00 bits per heavy atom. The normalized spacial score (nSPS) is 14.4. The van der Waals surface area contributed by atoms with Crippen LogP contribution in [-0.2, 0) is 6.42 Å². The molecule has 0 bridgehead atoms. The summed E-state index contributed by atoms with van der Waals surface area (Å²) in [5.41, 5.74) is 1.23. The third kappa shape index (κ3) is 3.06. The van der Waals surface area contributed by atoms with Gasteiger partial charge in [0.2, 0.25) is 6.79 Å². The minimum absolute atomic E-state index is 0.227. The molecular weight excluding hydrogens is 282 g/mol. The number of hydrogen-bond acceptors (Lipinski definition) is 4. The summed E-state index contributed by atoms with van der Waals surface area (Å²) in [5, 5.41) is 3.64. The Morgan fingerprint density at radius 1 is 1.14 bits per heavy atom. The number of benzene rings is 1. The van der Waals surface area contributed by atoms with Crippen LogP contribution in [0.1, 0.15) is 41.6 Å². The molecule has 1 aromatic carbocycles. The van der Waals surface area contributed by atoms with Crippen molar-refractivity contribution in [2.24, 2.45) is 0 Å². The van der Waals surface area contributed by atoms with Gasteiger partial charge in [-0.05, 0) is 49.2 Å². The lowest BCUT2D eigenvalue weighted by Crippen LogP contribution is -2.22. The number of fused-ring (bicyclic) bond motifs is 1. The fourth-order valence-corrected chi connectivity index (χ4v) is 3.56. The van der Waals surface area contributed by atoms with Crippen LogP contribution in [0.2, 0.25) is 0 Å². The first-order valence-electron chi connectivity index (χ1n) is 7.53. The average molecular weight is 303 g/mol. The van der Waals surface area contributed by atoms with E-state index in [1.807, 2.05) is 17.4 Å². The molecule has 0 amide bonds. The number of nitrogens with one attached hydrogen (secondary N) is 1. The lowest BCUT2D eigenvalue weighted by molar-refractivity contribution is 0.174. The highest BCUT2D eigenvalue weighted by Crippen LogP contribution is 2.37. The average Bonchev–Trinajstić information content (AvgIpc) is 3.16. The van der Waals surface area contributed by atoms with Gasteiger partial charge in [0.25, 0.3) is 0 Å². The van der Waals surface area contributed by atoms with E-state index in [9.17, 15) is 0 Å². The Hall–Kier alpha value is -1.52. The van der Waals surface area contributed by atoms with Crippen LogP contribution in [0.25, 0.3) is 0 Å². The van der Waals surface area contributed by atoms with Crippen LogP contribution in [0.3, 0.4) is 0 Å². The topological polar surface area (TPSA) is 30.5 Å². The number of hydrogen-bond donors (Lipinski definition) is 1. The molecule has 1 N–H and O–H groups in total. The highest BCUT2D eigenvalue weighted by Gasteiger charge is 2.20. The van der Waals surface area contributed by atoms with Crippen LogP contribution in [0.4, 0.5) is 0 Å². The van der Waals surface area contributed by atoms with E-state index in [-0.39, 0.29) is 6.04 Å². The van der Waals surface area contributed by atoms with Gasteiger partial charge in [0.15, 0.2) is 11.5 Å². The zero-order valence-corrected chi connectivity index (χ0v) is 13.3. The van der Waals surface area contributed by atoms with Crippen molar-refractivity contribution in [3.8, 4) is 11.5 Å². The highest BCUT2D eigenvalue weighted by molar-refractivity contribution is 7.12. The van der Waals surface area contributed by atoms with E-state index < -0.39 is 0 Å². The molecule has 0 fully saturated rings. The Bertz CT molecular complexity index is 609. The van der Waals surface area contributed by atoms with Gasteiger partial charge in [-0.1, -0.05) is 19.9 Å². The van der Waals surface area contributed by atoms with Crippen molar-refractivity contribution in [1.29, 1.82) is 0 Å². The van der Waals surface area contributed by atoms with Gasteiger partial charge in [0.05, 0.1) is 6.04 Å². The van der Waals surface area contributed by atoms with Gasteiger partial charge in [-0.3, -0.25) is 0 Å². The third-order valence-electron chi connectivity index (χ3n) is 3.64. The Kier molecular flexibility index (Phi) is 4.46. The van der Waals surface area contributed by atoms with Crippen molar-refractivity contribution in [3.63, 3.8) is 0 Å². The zero-order chi connectivity index (χ0) is 14.7. The van der Waals surface area contributed by atoms with E-state index in [1.54, 1.807) is 0 Å². The SMILES string of the molecule is CCCNC(c1ccc2c(c1)OCO2)c1ccc(CC)s1. The number of ether oxygens (including phenoxy) is 2. The van der Waals surface area contributed by atoms with Gasteiger partial charge in [-0.25, -0.2) is 0 Å². The summed E-state index contributed by atoms with van der Waals surface area (Å²) in [4.78, 5) is 2.79. The first-order valence-corrected chi connectivity index (χ1v) is 8.35. The first kappa shape index (κ1) is 14.4. The molecule has 0 radical (unpaired) electrons. The summed E-state index contributed by atoms with van der Waals surface area (Å²) in [6.07, 6.45) is 2.21. The number of aryl methyl sites for hydroxylation is 1. The molecule has 112 valence electrons. The van der Waals surface area contributed by atoms with Crippen molar-refractivity contribution in [2.45, 2.75) is 32.7 Å². The Balaban J connectivity index is 1.91. The van der Waals surface area contributed by atoms with Crippen molar-refractivity contribution >= 4 is 11.3 Å². The monoisotopic (exact) mass is 303 g/mol. The summed E-state index contributed by atoms with van der Waals surface area (Å²) >= 11 is 1.88. The summed E-state index contributed by atoms with van der Waals surface area (Å²) in [6.45, 7) is 5.71. The lowest BCUT2D eigenvalue weighted by Gasteiger charge is -2.18. The maximum absolute atomic E-state index is 5.51. The standard InChI is InChI=1S/C17H21NO2S/c1-3-9-18-17(16-8-6-13(4-2)21-16)12-5-7-14-15(10-12)20-11-19-14/h5-8,10,17-18H,3-4,9,11H2,1-2H3. The minimum Gasteiger partial charge on any atom is -0.454 e. The van der Waals surface area contributed by atoms with Gasteiger partial charge in [0, 0.05) is 9.75 Å². The van der Waals surface area contributed by atoms with Crippen LogP contribution in [0.15, 0.2) is 30.3 Å². The molecule has 3 rings (SSSR count). The summed E-state index contributed by atoms with van der Waals surface area (Å²) in [6, 6.07) is 10.9. The van der Waals surface area contributed by atoms with E-state index in [1.165, 1.54) is 15.3 Å². The Labute approximate surface area is 129 Å². The van der Waals surface area contributed by atoms with Crippen LogP contribution in [0, 0.1) is 0 Å². The summed E-state index contributed by atoms with van der Waals surface area (Å²) < 4.78 is 10.9. The molecule has 1 aliphatic heterocycles. The predicted molar refractivity (Wildman–Crippen MR) is 86.4 cm³/mol. The molecule has 21 heavy (non-hydrogen) atoms. The molecule has 1 unspecified atom stereocenters. The van der Waals surface area contributed by atoms with Crippen LogP contribution >= 0.6 is 11.3 Å². The van der Waals surface area contributed by atoms with E-state index in [0.717, 1.165) is 30.9 Å². The van der Waals surface area contributed by atoms with Gasteiger partial charge in [0.1, 0.15) is 0 Å². The quantitative estimate of drug-likeness (QED) is 0.870. The van der Waals surface area contributed by atoms with Crippen molar-refractivity contribution in [2.75, 3.05) is 13.3 Å². The molecule has 3 nitrogen and oxygen atoms in total. The second kappa shape index (κ2) is 6.50.